The van der Waals surface area contributed by atoms with Crippen LogP contribution >= 0.6 is 0 Å². The zero-order chi connectivity index (χ0) is 13.3. The van der Waals surface area contributed by atoms with E-state index in [1.54, 1.807) is 4.90 Å². The summed E-state index contributed by atoms with van der Waals surface area (Å²) in [7, 11) is 0. The maximum atomic E-state index is 11.7. The van der Waals surface area contributed by atoms with Gasteiger partial charge in [0.05, 0.1) is 13.1 Å². The van der Waals surface area contributed by atoms with E-state index in [1.165, 1.54) is 0 Å². The molecule has 0 aliphatic carbocycles. The Bertz CT molecular complexity index is 277. The fourth-order valence-corrected chi connectivity index (χ4v) is 2.08. The van der Waals surface area contributed by atoms with E-state index < -0.39 is 11.2 Å². The highest BCUT2D eigenvalue weighted by molar-refractivity contribution is 5.69. The van der Waals surface area contributed by atoms with Crippen molar-refractivity contribution in [2.45, 2.75) is 58.7 Å². The van der Waals surface area contributed by atoms with Gasteiger partial charge < -0.3 is 14.7 Å². The summed E-state index contributed by atoms with van der Waals surface area (Å²) in [6.07, 6.45) is 1.71. The van der Waals surface area contributed by atoms with Gasteiger partial charge in [-0.15, -0.1) is 0 Å². The first kappa shape index (κ1) is 14.3. The number of aliphatic hydroxyl groups is 1. The van der Waals surface area contributed by atoms with Crippen LogP contribution in [0.3, 0.4) is 0 Å². The zero-order valence-corrected chi connectivity index (χ0v) is 11.6. The molecule has 0 aromatic carbocycles. The monoisotopic (exact) mass is 243 g/mol. The molecule has 1 saturated heterocycles. The van der Waals surface area contributed by atoms with Crippen LogP contribution in [0.25, 0.3) is 0 Å². The summed E-state index contributed by atoms with van der Waals surface area (Å²) >= 11 is 0. The SMILES string of the molecule is CCCC(C)C1(O)CN(C(=O)OC(C)(C)C)C1. The Morgan fingerprint density at radius 1 is 1.47 bits per heavy atom. The molecule has 1 aliphatic heterocycles. The minimum Gasteiger partial charge on any atom is -0.444 e. The summed E-state index contributed by atoms with van der Waals surface area (Å²) in [5.74, 6) is 0.228. The van der Waals surface area contributed by atoms with Crippen molar-refractivity contribution in [1.82, 2.24) is 4.90 Å². The molecule has 1 unspecified atom stereocenters. The maximum absolute atomic E-state index is 11.7. The first-order valence-electron chi connectivity index (χ1n) is 6.38. The molecule has 0 spiro atoms. The van der Waals surface area contributed by atoms with Crippen molar-refractivity contribution in [3.63, 3.8) is 0 Å². The Morgan fingerprint density at radius 2 is 2.00 bits per heavy atom. The third-order valence-electron chi connectivity index (χ3n) is 3.22. The van der Waals surface area contributed by atoms with Gasteiger partial charge in [0.25, 0.3) is 0 Å². The van der Waals surface area contributed by atoms with Gasteiger partial charge in [-0.25, -0.2) is 4.79 Å². The molecule has 1 heterocycles. The average Bonchev–Trinajstić information content (AvgIpc) is 2.10. The van der Waals surface area contributed by atoms with E-state index in [-0.39, 0.29) is 12.0 Å². The number of ether oxygens (including phenoxy) is 1. The summed E-state index contributed by atoms with van der Waals surface area (Å²) < 4.78 is 5.25. The number of rotatable bonds is 3. The zero-order valence-electron chi connectivity index (χ0n) is 11.6. The molecular weight excluding hydrogens is 218 g/mol. The van der Waals surface area contributed by atoms with Gasteiger partial charge in [-0.05, 0) is 33.1 Å². The molecule has 0 radical (unpaired) electrons. The summed E-state index contributed by atoms with van der Waals surface area (Å²) in [5.41, 5.74) is -1.19. The average molecular weight is 243 g/mol. The topological polar surface area (TPSA) is 49.8 Å². The number of amides is 1. The highest BCUT2D eigenvalue weighted by atomic mass is 16.6. The van der Waals surface area contributed by atoms with Crippen LogP contribution in [0.2, 0.25) is 0 Å². The lowest BCUT2D eigenvalue weighted by atomic mass is 9.80. The molecular formula is C13H25NO3. The number of β-amino-alcohol motifs (C(OH)–C–C–N with tert-alkyl or cyclic N) is 1. The number of likely N-dealkylation sites (tertiary alicyclic amines) is 1. The van der Waals surface area contributed by atoms with E-state index in [9.17, 15) is 9.90 Å². The van der Waals surface area contributed by atoms with Gasteiger partial charge in [0.1, 0.15) is 11.2 Å². The molecule has 1 amide bonds. The predicted molar refractivity (Wildman–Crippen MR) is 66.8 cm³/mol. The molecule has 0 saturated carbocycles. The second kappa shape index (κ2) is 4.84. The number of hydrogen-bond acceptors (Lipinski definition) is 3. The standard InChI is InChI=1S/C13H25NO3/c1-6-7-10(2)13(16)8-14(9-13)11(15)17-12(3,4)5/h10,16H,6-9H2,1-5H3. The first-order valence-corrected chi connectivity index (χ1v) is 6.38. The number of nitrogens with zero attached hydrogens (tertiary/aromatic N) is 1. The lowest BCUT2D eigenvalue weighted by molar-refractivity contribution is -0.129. The van der Waals surface area contributed by atoms with Crippen LogP contribution in [0, 0.1) is 5.92 Å². The number of carbonyl (C=O) groups excluding carboxylic acids is 1. The second-order valence-corrected chi connectivity index (χ2v) is 6.13. The van der Waals surface area contributed by atoms with Crippen molar-refractivity contribution < 1.29 is 14.6 Å². The van der Waals surface area contributed by atoms with Crippen molar-refractivity contribution in [1.29, 1.82) is 0 Å². The van der Waals surface area contributed by atoms with Crippen molar-refractivity contribution in [2.75, 3.05) is 13.1 Å². The van der Waals surface area contributed by atoms with E-state index in [4.69, 9.17) is 4.74 Å². The van der Waals surface area contributed by atoms with Crippen LogP contribution < -0.4 is 0 Å². The molecule has 1 N–H and O–H groups in total. The van der Waals surface area contributed by atoms with Crippen LogP contribution in [-0.2, 0) is 4.74 Å². The van der Waals surface area contributed by atoms with E-state index >= 15 is 0 Å². The highest BCUT2D eigenvalue weighted by Crippen LogP contribution is 2.32. The van der Waals surface area contributed by atoms with E-state index in [0.29, 0.717) is 13.1 Å². The lowest BCUT2D eigenvalue weighted by Crippen LogP contribution is -2.66. The van der Waals surface area contributed by atoms with Gasteiger partial charge in [-0.1, -0.05) is 20.3 Å². The van der Waals surface area contributed by atoms with Crippen LogP contribution in [0.4, 0.5) is 4.79 Å². The van der Waals surface area contributed by atoms with Gasteiger partial charge in [0.15, 0.2) is 0 Å². The molecule has 100 valence electrons. The quantitative estimate of drug-likeness (QED) is 0.828. The molecule has 17 heavy (non-hydrogen) atoms. The summed E-state index contributed by atoms with van der Waals surface area (Å²) in [6, 6.07) is 0. The molecule has 0 aromatic heterocycles. The van der Waals surface area contributed by atoms with Crippen molar-refractivity contribution >= 4 is 6.09 Å². The Balaban J connectivity index is 2.43. The Kier molecular flexibility index (Phi) is 4.07. The predicted octanol–water partition coefficient (Wildman–Crippen LogP) is 2.40. The highest BCUT2D eigenvalue weighted by Gasteiger charge is 2.48. The van der Waals surface area contributed by atoms with E-state index in [2.05, 4.69) is 6.92 Å². The minimum atomic E-state index is -0.715. The largest absolute Gasteiger partial charge is 0.444 e. The second-order valence-electron chi connectivity index (χ2n) is 6.13. The van der Waals surface area contributed by atoms with Crippen LogP contribution in [0.5, 0.6) is 0 Å². The summed E-state index contributed by atoms with van der Waals surface area (Å²) in [6.45, 7) is 10.5. The van der Waals surface area contributed by atoms with Crippen LogP contribution in [0.15, 0.2) is 0 Å². The number of carbonyl (C=O) groups is 1. The smallest absolute Gasteiger partial charge is 0.410 e. The first-order chi connectivity index (χ1) is 7.68. The number of hydrogen-bond donors (Lipinski definition) is 1. The molecule has 4 heteroatoms. The van der Waals surface area contributed by atoms with Crippen molar-refractivity contribution in [3.05, 3.63) is 0 Å². The molecule has 0 aromatic rings. The van der Waals surface area contributed by atoms with Gasteiger partial charge in [-0.2, -0.15) is 0 Å². The molecule has 1 atom stereocenters. The normalized spacial score (nSPS) is 20.7. The van der Waals surface area contributed by atoms with E-state index in [0.717, 1.165) is 12.8 Å². The van der Waals surface area contributed by atoms with Gasteiger partial charge in [0, 0.05) is 0 Å². The third-order valence-corrected chi connectivity index (χ3v) is 3.22. The molecule has 1 rings (SSSR count). The molecule has 4 nitrogen and oxygen atoms in total. The van der Waals surface area contributed by atoms with Gasteiger partial charge in [0.2, 0.25) is 0 Å². The van der Waals surface area contributed by atoms with E-state index in [1.807, 2.05) is 27.7 Å². The molecule has 0 bridgehead atoms. The Hall–Kier alpha value is -0.770. The molecule has 1 fully saturated rings. The van der Waals surface area contributed by atoms with Crippen molar-refractivity contribution in [3.8, 4) is 0 Å². The van der Waals surface area contributed by atoms with Gasteiger partial charge >= 0.3 is 6.09 Å². The fourth-order valence-electron chi connectivity index (χ4n) is 2.08. The Morgan fingerprint density at radius 3 is 2.41 bits per heavy atom. The van der Waals surface area contributed by atoms with Crippen LogP contribution in [-0.4, -0.2) is 40.4 Å². The lowest BCUT2D eigenvalue weighted by Gasteiger charge is -2.49. The fraction of sp³-hybridized carbons (Fsp3) is 0.923. The minimum absolute atomic E-state index is 0.228. The summed E-state index contributed by atoms with van der Waals surface area (Å²) in [5, 5.41) is 10.3. The van der Waals surface area contributed by atoms with Gasteiger partial charge in [-0.3, -0.25) is 0 Å². The summed E-state index contributed by atoms with van der Waals surface area (Å²) in [4.78, 5) is 13.3. The maximum Gasteiger partial charge on any atom is 0.410 e. The van der Waals surface area contributed by atoms with Crippen LogP contribution in [0.1, 0.15) is 47.5 Å². The Labute approximate surface area is 104 Å². The van der Waals surface area contributed by atoms with Crippen molar-refractivity contribution in [2.24, 2.45) is 5.92 Å². The third kappa shape index (κ3) is 3.60. The molecule has 1 aliphatic rings.